The van der Waals surface area contributed by atoms with Crippen LogP contribution in [-0.4, -0.2) is 14.1 Å². The molecule has 0 saturated heterocycles. The van der Waals surface area contributed by atoms with Crippen LogP contribution in [0.15, 0.2) is 24.3 Å². The molecule has 0 radical (unpaired) electrons. The van der Waals surface area contributed by atoms with Gasteiger partial charge in [0, 0.05) is 26.7 Å². The standard InChI is InChI=1S/C14H19N2S/c1-10-11(2)17-14(16(10)5)12-6-8-13(9-7-12)15(3)4/h6-9H,1-5H3/q+1. The Labute approximate surface area is 107 Å². The molecule has 2 rings (SSSR count). The van der Waals surface area contributed by atoms with E-state index in [0.29, 0.717) is 0 Å². The summed E-state index contributed by atoms with van der Waals surface area (Å²) >= 11 is 1.86. The quantitative estimate of drug-likeness (QED) is 0.740. The highest BCUT2D eigenvalue weighted by atomic mass is 32.1. The summed E-state index contributed by atoms with van der Waals surface area (Å²) in [7, 11) is 6.26. The molecule has 1 heterocycles. The van der Waals surface area contributed by atoms with Crippen molar-refractivity contribution in [3.8, 4) is 10.6 Å². The molecule has 0 N–H and O–H groups in total. The number of rotatable bonds is 2. The minimum absolute atomic E-state index is 1.24. The average molecular weight is 247 g/mol. The van der Waals surface area contributed by atoms with Crippen LogP contribution in [-0.2, 0) is 7.05 Å². The molecule has 0 amide bonds. The van der Waals surface area contributed by atoms with Crippen LogP contribution in [0.5, 0.6) is 0 Å². The lowest BCUT2D eigenvalue weighted by molar-refractivity contribution is -0.662. The van der Waals surface area contributed by atoms with Crippen LogP contribution in [0.3, 0.4) is 0 Å². The number of anilines is 1. The van der Waals surface area contributed by atoms with Crippen molar-refractivity contribution in [1.82, 2.24) is 0 Å². The largest absolute Gasteiger partial charge is 0.378 e. The summed E-state index contributed by atoms with van der Waals surface area (Å²) in [5.41, 5.74) is 3.88. The van der Waals surface area contributed by atoms with Crippen LogP contribution in [0.1, 0.15) is 10.6 Å². The molecule has 2 aromatic rings. The minimum Gasteiger partial charge on any atom is -0.378 e. The second-order valence-electron chi connectivity index (χ2n) is 4.55. The summed E-state index contributed by atoms with van der Waals surface area (Å²) in [6.07, 6.45) is 0. The van der Waals surface area contributed by atoms with Gasteiger partial charge in [0.05, 0.1) is 10.4 Å². The van der Waals surface area contributed by atoms with Crippen LogP contribution < -0.4 is 9.47 Å². The Balaban J connectivity index is 2.43. The van der Waals surface area contributed by atoms with Crippen LogP contribution in [0.25, 0.3) is 10.6 Å². The Morgan fingerprint density at radius 3 is 2.06 bits per heavy atom. The Morgan fingerprint density at radius 1 is 1.06 bits per heavy atom. The number of aryl methyl sites for hydroxylation is 1. The van der Waals surface area contributed by atoms with Crippen LogP contribution in [0.4, 0.5) is 5.69 Å². The van der Waals surface area contributed by atoms with E-state index in [1.54, 1.807) is 0 Å². The third-order valence-electron chi connectivity index (χ3n) is 3.20. The van der Waals surface area contributed by atoms with Gasteiger partial charge in [-0.05, 0) is 31.2 Å². The topological polar surface area (TPSA) is 7.12 Å². The lowest BCUT2D eigenvalue weighted by atomic mass is 10.2. The predicted molar refractivity (Wildman–Crippen MR) is 74.7 cm³/mol. The number of benzene rings is 1. The van der Waals surface area contributed by atoms with Crippen LogP contribution >= 0.6 is 11.3 Å². The van der Waals surface area contributed by atoms with Gasteiger partial charge in [0.25, 0.3) is 5.01 Å². The number of hydrogen-bond donors (Lipinski definition) is 0. The predicted octanol–water partition coefficient (Wildman–Crippen LogP) is 2.92. The van der Waals surface area contributed by atoms with Gasteiger partial charge >= 0.3 is 0 Å². The number of thiazole rings is 1. The van der Waals surface area contributed by atoms with E-state index in [4.69, 9.17) is 0 Å². The maximum absolute atomic E-state index is 2.27. The van der Waals surface area contributed by atoms with Crippen molar-refractivity contribution in [1.29, 1.82) is 0 Å². The minimum atomic E-state index is 1.24. The summed E-state index contributed by atoms with van der Waals surface area (Å²) in [4.78, 5) is 3.51. The molecule has 3 heteroatoms. The summed E-state index contributed by atoms with van der Waals surface area (Å²) in [6, 6.07) is 8.72. The number of hydrogen-bond acceptors (Lipinski definition) is 2. The maximum atomic E-state index is 2.27. The molecule has 0 bridgehead atoms. The molecule has 0 aliphatic heterocycles. The van der Waals surface area contributed by atoms with Crippen molar-refractivity contribution in [3.63, 3.8) is 0 Å². The van der Waals surface area contributed by atoms with Crippen molar-refractivity contribution >= 4 is 17.0 Å². The fourth-order valence-electron chi connectivity index (χ4n) is 1.83. The van der Waals surface area contributed by atoms with Gasteiger partial charge in [-0.1, -0.05) is 11.3 Å². The average Bonchev–Trinajstić information content (AvgIpc) is 2.57. The first-order chi connectivity index (χ1) is 8.00. The van der Waals surface area contributed by atoms with Gasteiger partial charge in [-0.2, -0.15) is 4.57 Å². The van der Waals surface area contributed by atoms with Gasteiger partial charge < -0.3 is 4.90 Å². The first-order valence-corrected chi connectivity index (χ1v) is 6.56. The molecule has 0 spiro atoms. The zero-order valence-electron chi connectivity index (χ0n) is 11.1. The fraction of sp³-hybridized carbons (Fsp3) is 0.357. The molecule has 90 valence electrons. The Hall–Kier alpha value is -1.35. The van der Waals surface area contributed by atoms with E-state index in [0.717, 1.165) is 0 Å². The van der Waals surface area contributed by atoms with E-state index in [2.05, 4.69) is 68.7 Å². The van der Waals surface area contributed by atoms with Crippen LogP contribution in [0, 0.1) is 13.8 Å². The zero-order chi connectivity index (χ0) is 12.6. The number of aromatic nitrogens is 1. The highest BCUT2D eigenvalue weighted by Gasteiger charge is 2.18. The molecule has 0 fully saturated rings. The van der Waals surface area contributed by atoms with Crippen molar-refractivity contribution in [2.24, 2.45) is 7.05 Å². The first-order valence-electron chi connectivity index (χ1n) is 5.74. The van der Waals surface area contributed by atoms with Crippen molar-refractivity contribution in [2.75, 3.05) is 19.0 Å². The molecule has 1 aromatic heterocycles. The molecule has 2 nitrogen and oxygen atoms in total. The van der Waals surface area contributed by atoms with Crippen molar-refractivity contribution in [3.05, 3.63) is 34.8 Å². The monoisotopic (exact) mass is 247 g/mol. The molecule has 0 saturated carbocycles. The third-order valence-corrected chi connectivity index (χ3v) is 4.50. The molecule has 0 aliphatic rings. The van der Waals surface area contributed by atoms with E-state index >= 15 is 0 Å². The van der Waals surface area contributed by atoms with Gasteiger partial charge in [0.1, 0.15) is 7.05 Å². The van der Waals surface area contributed by atoms with Crippen LogP contribution in [0.2, 0.25) is 0 Å². The first kappa shape index (κ1) is 12.1. The second kappa shape index (κ2) is 4.49. The van der Waals surface area contributed by atoms with Crippen molar-refractivity contribution < 1.29 is 4.57 Å². The fourth-order valence-corrected chi connectivity index (χ4v) is 2.93. The molecule has 0 unspecified atom stereocenters. The Kier molecular flexibility index (Phi) is 3.20. The lowest BCUT2D eigenvalue weighted by Gasteiger charge is -2.11. The third kappa shape index (κ3) is 2.20. The summed E-state index contributed by atoms with van der Waals surface area (Å²) in [5, 5.41) is 1.32. The smallest absolute Gasteiger partial charge is 0.269 e. The zero-order valence-corrected chi connectivity index (χ0v) is 11.9. The highest BCUT2D eigenvalue weighted by Crippen LogP contribution is 2.26. The molecular weight excluding hydrogens is 228 g/mol. The van der Waals surface area contributed by atoms with E-state index < -0.39 is 0 Å². The normalized spacial score (nSPS) is 10.6. The summed E-state index contributed by atoms with van der Waals surface area (Å²) in [5.74, 6) is 0. The SMILES string of the molecule is Cc1sc(-c2ccc(N(C)C)cc2)[n+](C)c1C. The number of nitrogens with zero attached hydrogens (tertiary/aromatic N) is 2. The highest BCUT2D eigenvalue weighted by molar-refractivity contribution is 7.14. The van der Waals surface area contributed by atoms with Crippen molar-refractivity contribution in [2.45, 2.75) is 13.8 Å². The Bertz CT molecular complexity index is 524. The molecule has 1 aromatic carbocycles. The van der Waals surface area contributed by atoms with Gasteiger partial charge in [-0.3, -0.25) is 0 Å². The van der Waals surface area contributed by atoms with E-state index in [1.807, 2.05) is 11.3 Å². The van der Waals surface area contributed by atoms with E-state index in [-0.39, 0.29) is 0 Å². The van der Waals surface area contributed by atoms with E-state index in [9.17, 15) is 0 Å². The molecular formula is C14H19N2S+. The van der Waals surface area contributed by atoms with E-state index in [1.165, 1.54) is 26.8 Å². The summed E-state index contributed by atoms with van der Waals surface area (Å²) in [6.45, 7) is 4.35. The summed E-state index contributed by atoms with van der Waals surface area (Å²) < 4.78 is 2.27. The van der Waals surface area contributed by atoms with Gasteiger partial charge in [0.2, 0.25) is 0 Å². The lowest BCUT2D eigenvalue weighted by Crippen LogP contribution is -2.31. The van der Waals surface area contributed by atoms with Gasteiger partial charge in [-0.25, -0.2) is 0 Å². The molecule has 0 aliphatic carbocycles. The molecule has 17 heavy (non-hydrogen) atoms. The maximum Gasteiger partial charge on any atom is 0.269 e. The van der Waals surface area contributed by atoms with Gasteiger partial charge in [-0.15, -0.1) is 0 Å². The second-order valence-corrected chi connectivity index (χ2v) is 5.75. The van der Waals surface area contributed by atoms with Gasteiger partial charge in [0.15, 0.2) is 5.69 Å². The molecule has 0 atom stereocenters. The Morgan fingerprint density at radius 2 is 1.65 bits per heavy atom.